The van der Waals surface area contributed by atoms with Gasteiger partial charge >= 0.3 is 5.97 Å². The summed E-state index contributed by atoms with van der Waals surface area (Å²) in [5.41, 5.74) is -0.742. The van der Waals surface area contributed by atoms with Crippen molar-refractivity contribution >= 4 is 12.3 Å². The highest BCUT2D eigenvalue weighted by atomic mass is 16.4. The monoisotopic (exact) mass is 226 g/mol. The lowest BCUT2D eigenvalue weighted by atomic mass is 9.86. The van der Waals surface area contributed by atoms with E-state index in [0.29, 0.717) is 12.8 Å². The first-order chi connectivity index (χ1) is 7.70. The molecule has 0 radical (unpaired) electrons. The van der Waals surface area contributed by atoms with E-state index in [-0.39, 0.29) is 0 Å². The van der Waals surface area contributed by atoms with Gasteiger partial charge in [0.15, 0.2) is 0 Å². The topological polar surface area (TPSA) is 69.6 Å². The van der Waals surface area contributed by atoms with Crippen LogP contribution < -0.4 is 5.32 Å². The average Bonchev–Trinajstić information content (AvgIpc) is 2.75. The Balaban J connectivity index is 2.22. The van der Waals surface area contributed by atoms with E-state index in [9.17, 15) is 14.7 Å². The van der Waals surface area contributed by atoms with Crippen LogP contribution in [-0.4, -0.2) is 54.0 Å². The Hall–Kier alpha value is -0.940. The predicted octanol–water partition coefficient (Wildman–Crippen LogP) is -0.286. The molecule has 0 aromatic rings. The maximum atomic E-state index is 11.4. The van der Waals surface area contributed by atoms with Gasteiger partial charge in [0.1, 0.15) is 6.29 Å². The van der Waals surface area contributed by atoms with Crippen LogP contribution in [0.5, 0.6) is 0 Å². The first-order valence-corrected chi connectivity index (χ1v) is 5.85. The lowest BCUT2D eigenvalue weighted by molar-refractivity contribution is -0.149. The van der Waals surface area contributed by atoms with Crippen molar-refractivity contribution in [2.75, 3.05) is 26.2 Å². The summed E-state index contributed by atoms with van der Waals surface area (Å²) < 4.78 is 0. The van der Waals surface area contributed by atoms with Crippen LogP contribution in [0.15, 0.2) is 0 Å². The van der Waals surface area contributed by atoms with E-state index in [1.54, 1.807) is 0 Å². The van der Waals surface area contributed by atoms with Gasteiger partial charge < -0.3 is 15.2 Å². The molecule has 1 heterocycles. The Kier molecular flexibility index (Phi) is 3.25. The van der Waals surface area contributed by atoms with Crippen molar-refractivity contribution in [2.24, 2.45) is 5.92 Å². The highest BCUT2D eigenvalue weighted by Crippen LogP contribution is 2.39. The van der Waals surface area contributed by atoms with Crippen molar-refractivity contribution in [1.82, 2.24) is 10.2 Å². The summed E-state index contributed by atoms with van der Waals surface area (Å²) in [6.45, 7) is 3.20. The number of carboxylic acid groups (broad SMARTS) is 1. The lowest BCUT2D eigenvalue weighted by Crippen LogP contribution is -2.60. The second kappa shape index (κ2) is 4.51. The fraction of sp³-hybridized carbons (Fsp3) is 0.818. The van der Waals surface area contributed by atoms with E-state index < -0.39 is 17.4 Å². The van der Waals surface area contributed by atoms with E-state index >= 15 is 0 Å². The molecule has 2 rings (SSSR count). The number of nitrogens with one attached hydrogen (secondary N) is 1. The number of piperazine rings is 1. The minimum Gasteiger partial charge on any atom is -0.481 e. The minimum atomic E-state index is -0.830. The number of hydrogen-bond acceptors (Lipinski definition) is 4. The zero-order valence-corrected chi connectivity index (χ0v) is 9.32. The van der Waals surface area contributed by atoms with Crippen molar-refractivity contribution in [2.45, 2.75) is 24.8 Å². The number of nitrogens with zero attached hydrogens (tertiary/aromatic N) is 1. The predicted molar refractivity (Wildman–Crippen MR) is 58.2 cm³/mol. The Morgan fingerprint density at radius 1 is 1.44 bits per heavy atom. The summed E-state index contributed by atoms with van der Waals surface area (Å²) in [6.07, 6.45) is 3.02. The van der Waals surface area contributed by atoms with Crippen molar-refractivity contribution < 1.29 is 14.7 Å². The standard InChI is InChI=1S/C11H18N2O3/c14-8-11(13-6-4-12-5-7-13)3-1-2-9(11)10(15)16/h8-9,12H,1-7H2,(H,15,16). The van der Waals surface area contributed by atoms with Crippen LogP contribution in [0.25, 0.3) is 0 Å². The number of rotatable bonds is 3. The number of hydrogen-bond donors (Lipinski definition) is 2. The van der Waals surface area contributed by atoms with Crippen molar-refractivity contribution in [3.8, 4) is 0 Å². The highest BCUT2D eigenvalue weighted by Gasteiger charge is 2.50. The maximum Gasteiger partial charge on any atom is 0.308 e. The summed E-state index contributed by atoms with van der Waals surface area (Å²) in [7, 11) is 0. The molecule has 1 aliphatic heterocycles. The molecule has 90 valence electrons. The molecule has 0 aromatic heterocycles. The third-order valence-corrected chi connectivity index (χ3v) is 3.88. The summed E-state index contributed by atoms with van der Waals surface area (Å²) in [6, 6.07) is 0. The SMILES string of the molecule is O=CC1(N2CCNCC2)CCCC1C(=O)O. The number of aliphatic carboxylic acids is 1. The van der Waals surface area contributed by atoms with Crippen molar-refractivity contribution in [3.63, 3.8) is 0 Å². The normalized spacial score (nSPS) is 36.1. The van der Waals surface area contributed by atoms with Crippen LogP contribution in [0.3, 0.4) is 0 Å². The smallest absolute Gasteiger partial charge is 0.308 e. The fourth-order valence-electron chi connectivity index (χ4n) is 3.03. The van der Waals surface area contributed by atoms with Gasteiger partial charge in [-0.15, -0.1) is 0 Å². The summed E-state index contributed by atoms with van der Waals surface area (Å²) in [4.78, 5) is 24.7. The van der Waals surface area contributed by atoms with Crippen LogP contribution in [0.2, 0.25) is 0 Å². The number of aldehydes is 1. The van der Waals surface area contributed by atoms with Crippen LogP contribution in [0.1, 0.15) is 19.3 Å². The molecule has 5 nitrogen and oxygen atoms in total. The molecular weight excluding hydrogens is 208 g/mol. The zero-order chi connectivity index (χ0) is 11.6. The second-order valence-electron chi connectivity index (χ2n) is 4.63. The van der Waals surface area contributed by atoms with Gasteiger partial charge in [-0.1, -0.05) is 6.42 Å². The van der Waals surface area contributed by atoms with Gasteiger partial charge in [0.25, 0.3) is 0 Å². The molecule has 0 amide bonds. The molecule has 0 bridgehead atoms. The van der Waals surface area contributed by atoms with Gasteiger partial charge in [-0.2, -0.15) is 0 Å². The van der Waals surface area contributed by atoms with Crippen molar-refractivity contribution in [3.05, 3.63) is 0 Å². The molecule has 0 aromatic carbocycles. The number of carbonyl (C=O) groups is 2. The molecule has 2 unspecified atom stereocenters. The molecule has 5 heteroatoms. The first kappa shape index (κ1) is 11.5. The molecule has 2 N–H and O–H groups in total. The quantitative estimate of drug-likeness (QED) is 0.647. The number of carbonyl (C=O) groups excluding carboxylic acids is 1. The summed E-state index contributed by atoms with van der Waals surface area (Å²) in [5.74, 6) is -1.36. The van der Waals surface area contributed by atoms with Gasteiger partial charge in [0.2, 0.25) is 0 Å². The van der Waals surface area contributed by atoms with E-state index in [0.717, 1.165) is 38.9 Å². The van der Waals surface area contributed by atoms with Crippen LogP contribution >= 0.6 is 0 Å². The Bertz CT molecular complexity index is 289. The second-order valence-corrected chi connectivity index (χ2v) is 4.63. The molecule has 1 saturated carbocycles. The van der Waals surface area contributed by atoms with Gasteiger partial charge in [0, 0.05) is 26.2 Å². The van der Waals surface area contributed by atoms with Crippen LogP contribution in [-0.2, 0) is 9.59 Å². The van der Waals surface area contributed by atoms with Crippen molar-refractivity contribution in [1.29, 1.82) is 0 Å². The molecule has 0 spiro atoms. The zero-order valence-electron chi connectivity index (χ0n) is 9.32. The first-order valence-electron chi connectivity index (χ1n) is 5.85. The Morgan fingerprint density at radius 2 is 2.12 bits per heavy atom. The lowest BCUT2D eigenvalue weighted by Gasteiger charge is -2.42. The van der Waals surface area contributed by atoms with Crippen LogP contribution in [0.4, 0.5) is 0 Å². The molecule has 1 aliphatic carbocycles. The molecule has 2 aliphatic rings. The van der Waals surface area contributed by atoms with E-state index in [1.165, 1.54) is 0 Å². The van der Waals surface area contributed by atoms with Gasteiger partial charge in [0.05, 0.1) is 11.5 Å². The molecule has 16 heavy (non-hydrogen) atoms. The average molecular weight is 226 g/mol. The Labute approximate surface area is 94.8 Å². The number of carboxylic acids is 1. The summed E-state index contributed by atoms with van der Waals surface area (Å²) in [5, 5.41) is 12.4. The molecular formula is C11H18N2O3. The minimum absolute atomic E-state index is 0.525. The molecule has 1 saturated heterocycles. The van der Waals surface area contributed by atoms with Gasteiger partial charge in [-0.05, 0) is 12.8 Å². The maximum absolute atomic E-state index is 11.4. The van der Waals surface area contributed by atoms with E-state index in [1.807, 2.05) is 0 Å². The van der Waals surface area contributed by atoms with Gasteiger partial charge in [-0.3, -0.25) is 9.69 Å². The van der Waals surface area contributed by atoms with E-state index in [2.05, 4.69) is 10.2 Å². The Morgan fingerprint density at radius 3 is 2.69 bits per heavy atom. The molecule has 2 atom stereocenters. The molecule has 2 fully saturated rings. The van der Waals surface area contributed by atoms with Gasteiger partial charge in [-0.25, -0.2) is 0 Å². The summed E-state index contributed by atoms with van der Waals surface area (Å²) >= 11 is 0. The highest BCUT2D eigenvalue weighted by molar-refractivity contribution is 5.81. The third-order valence-electron chi connectivity index (χ3n) is 3.88. The third kappa shape index (κ3) is 1.74. The largest absolute Gasteiger partial charge is 0.481 e. The van der Waals surface area contributed by atoms with E-state index in [4.69, 9.17) is 0 Å². The fourth-order valence-corrected chi connectivity index (χ4v) is 3.03. The van der Waals surface area contributed by atoms with Crippen LogP contribution in [0, 0.1) is 5.92 Å².